The number of nitrogens with zero attached hydrogens (tertiary/aromatic N) is 1. The van der Waals surface area contributed by atoms with Gasteiger partial charge in [0.15, 0.2) is 0 Å². The Balaban J connectivity index is 2.05. The van der Waals surface area contributed by atoms with Gasteiger partial charge < -0.3 is 9.15 Å². The molecule has 18 heavy (non-hydrogen) atoms. The van der Waals surface area contributed by atoms with Crippen LogP contribution in [0.3, 0.4) is 0 Å². The van der Waals surface area contributed by atoms with Crippen LogP contribution in [0, 0.1) is 0 Å². The summed E-state index contributed by atoms with van der Waals surface area (Å²) in [6.45, 7) is 0. The molecular weight excluding hydrogens is 232 g/mol. The maximum Gasteiger partial charge on any atom is 0.427 e. The van der Waals surface area contributed by atoms with Crippen molar-refractivity contribution in [2.45, 2.75) is 0 Å². The number of nitrogens with one attached hydrogen (secondary N) is 1. The quantitative estimate of drug-likeness (QED) is 0.666. The van der Waals surface area contributed by atoms with Gasteiger partial charge in [-0.05, 0) is 12.1 Å². The fourth-order valence-electron chi connectivity index (χ4n) is 1.37. The third-order valence-corrected chi connectivity index (χ3v) is 2.22. The molecule has 0 bridgehead atoms. The number of hydrazone groups is 1. The Morgan fingerprint density at radius 2 is 2.06 bits per heavy atom. The average molecular weight is 244 g/mol. The average Bonchev–Trinajstić information content (AvgIpc) is 2.88. The first kappa shape index (κ1) is 11.9. The Morgan fingerprint density at radius 3 is 2.78 bits per heavy atom. The van der Waals surface area contributed by atoms with E-state index in [4.69, 9.17) is 4.42 Å². The van der Waals surface area contributed by atoms with Crippen molar-refractivity contribution in [1.29, 1.82) is 0 Å². The van der Waals surface area contributed by atoms with Crippen LogP contribution in [0.4, 0.5) is 4.79 Å². The minimum absolute atomic E-state index is 0.547. The van der Waals surface area contributed by atoms with E-state index in [0.29, 0.717) is 5.76 Å². The van der Waals surface area contributed by atoms with Gasteiger partial charge in [-0.3, -0.25) is 0 Å². The number of carbonyl (C=O) groups is 1. The fraction of sp³-hybridized carbons (Fsp3) is 0.0769. The highest BCUT2D eigenvalue weighted by Gasteiger charge is 2.02. The lowest BCUT2D eigenvalue weighted by atomic mass is 10.2. The second kappa shape index (κ2) is 5.67. The number of methoxy groups -OCH3 is 1. The summed E-state index contributed by atoms with van der Waals surface area (Å²) in [5.74, 6) is 1.29. The standard InChI is InChI=1S/C13H12N2O3/c1-17-13(16)15-14-9-11-7-8-12(18-11)10-5-3-2-4-6-10/h2-9H,1H3,(H,15,16)/b14-9+. The first-order chi connectivity index (χ1) is 8.79. The number of amides is 1. The van der Waals surface area contributed by atoms with Crippen molar-refractivity contribution in [1.82, 2.24) is 5.43 Å². The van der Waals surface area contributed by atoms with Gasteiger partial charge in [0, 0.05) is 5.56 Å². The van der Waals surface area contributed by atoms with Gasteiger partial charge in [-0.1, -0.05) is 30.3 Å². The number of benzene rings is 1. The lowest BCUT2D eigenvalue weighted by Gasteiger charge is -1.95. The molecule has 1 aromatic heterocycles. The monoisotopic (exact) mass is 244 g/mol. The van der Waals surface area contributed by atoms with Crippen molar-refractivity contribution in [2.75, 3.05) is 7.11 Å². The van der Waals surface area contributed by atoms with Crippen molar-refractivity contribution in [3.8, 4) is 11.3 Å². The highest BCUT2D eigenvalue weighted by atomic mass is 16.5. The Bertz CT molecular complexity index is 546. The molecule has 2 aromatic rings. The predicted molar refractivity (Wildman–Crippen MR) is 67.3 cm³/mol. The summed E-state index contributed by atoms with van der Waals surface area (Å²) in [6.07, 6.45) is 0.782. The number of furan rings is 1. The summed E-state index contributed by atoms with van der Waals surface area (Å²) in [5, 5.41) is 3.68. The number of ether oxygens (including phenoxy) is 1. The normalized spacial score (nSPS) is 10.5. The maximum atomic E-state index is 10.8. The third-order valence-electron chi connectivity index (χ3n) is 2.22. The maximum absolute atomic E-state index is 10.8. The summed E-state index contributed by atoms with van der Waals surface area (Å²) in [5.41, 5.74) is 3.16. The molecule has 0 saturated carbocycles. The Labute approximate surface area is 104 Å². The summed E-state index contributed by atoms with van der Waals surface area (Å²) in [7, 11) is 1.27. The van der Waals surface area contributed by atoms with Gasteiger partial charge in [-0.2, -0.15) is 5.10 Å². The summed E-state index contributed by atoms with van der Waals surface area (Å²) >= 11 is 0. The molecule has 0 atom stereocenters. The van der Waals surface area contributed by atoms with Gasteiger partial charge in [0.25, 0.3) is 0 Å². The number of carbonyl (C=O) groups excluding carboxylic acids is 1. The zero-order valence-electron chi connectivity index (χ0n) is 9.79. The molecule has 0 radical (unpaired) electrons. The molecule has 0 aliphatic rings. The summed E-state index contributed by atoms with van der Waals surface area (Å²) < 4.78 is 9.91. The minimum Gasteiger partial charge on any atom is -0.455 e. The molecule has 5 nitrogen and oxygen atoms in total. The lowest BCUT2D eigenvalue weighted by molar-refractivity contribution is 0.171. The Hall–Kier alpha value is -2.56. The molecule has 1 amide bonds. The molecule has 0 unspecified atom stereocenters. The molecule has 1 N–H and O–H groups in total. The van der Waals surface area contributed by atoms with Gasteiger partial charge in [0.05, 0.1) is 13.3 Å². The van der Waals surface area contributed by atoms with Crippen LogP contribution >= 0.6 is 0 Å². The summed E-state index contributed by atoms with van der Waals surface area (Å²) in [6, 6.07) is 13.3. The van der Waals surface area contributed by atoms with E-state index in [2.05, 4.69) is 15.3 Å². The third kappa shape index (κ3) is 2.98. The molecule has 1 aromatic carbocycles. The van der Waals surface area contributed by atoms with E-state index < -0.39 is 6.09 Å². The molecule has 0 aliphatic heterocycles. The van der Waals surface area contributed by atoms with Crippen LogP contribution in [0.1, 0.15) is 5.76 Å². The van der Waals surface area contributed by atoms with Gasteiger partial charge in [-0.25, -0.2) is 10.2 Å². The van der Waals surface area contributed by atoms with Crippen LogP contribution in [-0.4, -0.2) is 19.4 Å². The van der Waals surface area contributed by atoms with E-state index in [1.54, 1.807) is 6.07 Å². The lowest BCUT2D eigenvalue weighted by Crippen LogP contribution is -2.16. The Kier molecular flexibility index (Phi) is 3.76. The van der Waals surface area contributed by atoms with E-state index >= 15 is 0 Å². The van der Waals surface area contributed by atoms with E-state index in [0.717, 1.165) is 11.3 Å². The second-order valence-corrected chi connectivity index (χ2v) is 3.43. The zero-order chi connectivity index (χ0) is 12.8. The van der Waals surface area contributed by atoms with Crippen molar-refractivity contribution in [3.63, 3.8) is 0 Å². The second-order valence-electron chi connectivity index (χ2n) is 3.43. The minimum atomic E-state index is -0.624. The van der Waals surface area contributed by atoms with Gasteiger partial charge in [-0.15, -0.1) is 0 Å². The Morgan fingerprint density at radius 1 is 1.28 bits per heavy atom. The van der Waals surface area contributed by atoms with E-state index in [1.807, 2.05) is 36.4 Å². The number of rotatable bonds is 3. The zero-order valence-corrected chi connectivity index (χ0v) is 9.79. The SMILES string of the molecule is COC(=O)N/N=C/c1ccc(-c2ccccc2)o1. The van der Waals surface area contributed by atoms with Gasteiger partial charge in [0.1, 0.15) is 11.5 Å². The van der Waals surface area contributed by atoms with E-state index in [9.17, 15) is 4.79 Å². The van der Waals surface area contributed by atoms with Crippen molar-refractivity contribution < 1.29 is 13.9 Å². The highest BCUT2D eigenvalue weighted by Crippen LogP contribution is 2.20. The van der Waals surface area contributed by atoms with Gasteiger partial charge in [0.2, 0.25) is 0 Å². The first-order valence-corrected chi connectivity index (χ1v) is 5.32. The smallest absolute Gasteiger partial charge is 0.427 e. The molecule has 5 heteroatoms. The largest absolute Gasteiger partial charge is 0.455 e. The van der Waals surface area contributed by atoms with Crippen molar-refractivity contribution in [3.05, 3.63) is 48.2 Å². The highest BCUT2D eigenvalue weighted by molar-refractivity contribution is 5.78. The van der Waals surface area contributed by atoms with Crippen LogP contribution in [0.15, 0.2) is 52.0 Å². The molecule has 92 valence electrons. The molecule has 1 heterocycles. The fourth-order valence-corrected chi connectivity index (χ4v) is 1.37. The predicted octanol–water partition coefficient (Wildman–Crippen LogP) is 2.64. The molecule has 0 saturated heterocycles. The van der Waals surface area contributed by atoms with Crippen LogP contribution in [0.25, 0.3) is 11.3 Å². The number of hydrogen-bond donors (Lipinski definition) is 1. The van der Waals surface area contributed by atoms with Crippen LogP contribution in [0.5, 0.6) is 0 Å². The first-order valence-electron chi connectivity index (χ1n) is 5.32. The molecule has 0 spiro atoms. The summed E-state index contributed by atoms with van der Waals surface area (Å²) in [4.78, 5) is 10.8. The van der Waals surface area contributed by atoms with Crippen molar-refractivity contribution in [2.24, 2.45) is 5.10 Å². The topological polar surface area (TPSA) is 63.8 Å². The molecule has 0 fully saturated rings. The molecule has 2 rings (SSSR count). The van der Waals surface area contributed by atoms with Crippen LogP contribution < -0.4 is 5.43 Å². The molecular formula is C13H12N2O3. The van der Waals surface area contributed by atoms with Crippen LogP contribution in [-0.2, 0) is 4.74 Å². The number of hydrogen-bond acceptors (Lipinski definition) is 4. The van der Waals surface area contributed by atoms with Crippen LogP contribution in [0.2, 0.25) is 0 Å². The molecule has 0 aliphatic carbocycles. The van der Waals surface area contributed by atoms with Gasteiger partial charge >= 0.3 is 6.09 Å². The van der Waals surface area contributed by atoms with E-state index in [1.165, 1.54) is 13.3 Å². The van der Waals surface area contributed by atoms with Crippen molar-refractivity contribution >= 4 is 12.3 Å². The van der Waals surface area contributed by atoms with E-state index in [-0.39, 0.29) is 0 Å².